The molecule has 13 heavy (non-hydrogen) atoms. The van der Waals surface area contributed by atoms with Crippen molar-refractivity contribution in [3.63, 3.8) is 0 Å². The van der Waals surface area contributed by atoms with Gasteiger partial charge in [0.15, 0.2) is 0 Å². The maximum absolute atomic E-state index is 6.05. The van der Waals surface area contributed by atoms with Crippen molar-refractivity contribution in [3.8, 4) is 0 Å². The maximum atomic E-state index is 6.05. The first-order valence-corrected chi connectivity index (χ1v) is 5.33. The maximum Gasteiger partial charge on any atom is 0.354 e. The Morgan fingerprint density at radius 2 is 2.15 bits per heavy atom. The lowest BCUT2D eigenvalue weighted by atomic mass is 10.2. The molecule has 0 bridgehead atoms. The van der Waals surface area contributed by atoms with Gasteiger partial charge in [0.1, 0.15) is 12.4 Å². The molecular weight excluding hydrogens is 184 g/mol. The number of nitrogens with zero attached hydrogens (tertiary/aromatic N) is 2. The summed E-state index contributed by atoms with van der Waals surface area (Å²) in [4.78, 5) is 0. The third-order valence-corrected chi connectivity index (χ3v) is 2.73. The molecule has 0 saturated heterocycles. The van der Waals surface area contributed by atoms with Crippen LogP contribution in [0, 0.1) is 0 Å². The molecule has 0 N–H and O–H groups in total. The Kier molecular flexibility index (Phi) is 4.29. The van der Waals surface area contributed by atoms with Crippen molar-refractivity contribution < 1.29 is 4.57 Å². The van der Waals surface area contributed by atoms with Gasteiger partial charge in [-0.15, -0.1) is 0 Å². The lowest BCUT2D eigenvalue weighted by molar-refractivity contribution is -0.668. The van der Waals surface area contributed by atoms with Crippen LogP contribution in [0.1, 0.15) is 32.6 Å². The topological polar surface area (TPSA) is 8.81 Å². The summed E-state index contributed by atoms with van der Waals surface area (Å²) in [5, 5.41) is 0.816. The molecule has 3 heteroatoms. The number of rotatable bonds is 5. The summed E-state index contributed by atoms with van der Waals surface area (Å²) < 4.78 is 4.03. The highest BCUT2D eigenvalue weighted by Gasteiger charge is 2.09. The summed E-state index contributed by atoms with van der Waals surface area (Å²) in [6, 6.07) is 0. The molecule has 0 spiro atoms. The highest BCUT2D eigenvalue weighted by atomic mass is 35.5. The van der Waals surface area contributed by atoms with Crippen LogP contribution >= 0.6 is 11.6 Å². The zero-order chi connectivity index (χ0) is 9.68. The summed E-state index contributed by atoms with van der Waals surface area (Å²) in [7, 11) is 1.96. The fraction of sp³-hybridized carbons (Fsp3) is 0.700. The monoisotopic (exact) mass is 201 g/mol. The molecule has 0 atom stereocenters. The van der Waals surface area contributed by atoms with E-state index < -0.39 is 0 Å². The Balaban J connectivity index is 2.32. The molecule has 0 aliphatic rings. The molecule has 1 rings (SSSR count). The minimum atomic E-state index is 0.816. The van der Waals surface area contributed by atoms with Crippen LogP contribution in [0.2, 0.25) is 5.28 Å². The summed E-state index contributed by atoms with van der Waals surface area (Å²) in [6.07, 6.45) is 9.16. The third-order valence-electron chi connectivity index (χ3n) is 2.25. The number of unbranched alkanes of at least 4 members (excludes halogenated alkanes) is 3. The first-order chi connectivity index (χ1) is 6.25. The van der Waals surface area contributed by atoms with Crippen molar-refractivity contribution >= 4 is 11.6 Å². The molecule has 1 aromatic rings. The fourth-order valence-electron chi connectivity index (χ4n) is 1.38. The van der Waals surface area contributed by atoms with Crippen LogP contribution in [-0.4, -0.2) is 4.57 Å². The summed E-state index contributed by atoms with van der Waals surface area (Å²) in [5.74, 6) is 0. The van der Waals surface area contributed by atoms with Crippen molar-refractivity contribution in [2.24, 2.45) is 7.05 Å². The van der Waals surface area contributed by atoms with E-state index in [0.717, 1.165) is 11.8 Å². The van der Waals surface area contributed by atoms with Crippen molar-refractivity contribution in [2.75, 3.05) is 0 Å². The number of imidazole rings is 1. The minimum Gasteiger partial charge on any atom is -0.223 e. The molecular formula is C10H18ClN2+. The zero-order valence-electron chi connectivity index (χ0n) is 8.46. The zero-order valence-corrected chi connectivity index (χ0v) is 9.22. The van der Waals surface area contributed by atoms with Crippen molar-refractivity contribution in [1.82, 2.24) is 4.57 Å². The standard InChI is InChI=1S/C10H18ClN2/c1-3-4-5-6-7-13-9-8-12(2)10(13)11/h8-9H,3-7H2,1-2H3/q+1. The number of hydrogen-bond acceptors (Lipinski definition) is 0. The van der Waals surface area contributed by atoms with E-state index in [2.05, 4.69) is 11.5 Å². The normalized spacial score (nSPS) is 10.7. The molecule has 0 aliphatic heterocycles. The van der Waals surface area contributed by atoms with Gasteiger partial charge in [-0.1, -0.05) is 19.8 Å². The Morgan fingerprint density at radius 3 is 2.69 bits per heavy atom. The SMILES string of the molecule is CCCCCCn1cc[n+](C)c1Cl. The molecule has 0 amide bonds. The lowest BCUT2D eigenvalue weighted by Gasteiger charge is -1.97. The quantitative estimate of drug-likeness (QED) is 0.512. The lowest BCUT2D eigenvalue weighted by Crippen LogP contribution is -2.26. The van der Waals surface area contributed by atoms with Gasteiger partial charge in [-0.25, -0.2) is 9.13 Å². The van der Waals surface area contributed by atoms with Crippen molar-refractivity contribution in [1.29, 1.82) is 0 Å². The molecule has 1 heterocycles. The molecule has 0 fully saturated rings. The smallest absolute Gasteiger partial charge is 0.223 e. The number of aryl methyl sites for hydroxylation is 2. The Hall–Kier alpha value is -0.500. The van der Waals surface area contributed by atoms with E-state index in [1.807, 2.05) is 24.0 Å². The van der Waals surface area contributed by atoms with Crippen molar-refractivity contribution in [3.05, 3.63) is 17.7 Å². The van der Waals surface area contributed by atoms with Gasteiger partial charge in [0, 0.05) is 11.6 Å². The summed E-state index contributed by atoms with van der Waals surface area (Å²) >= 11 is 6.05. The average molecular weight is 202 g/mol. The van der Waals surface area contributed by atoms with Gasteiger partial charge in [0.05, 0.1) is 13.6 Å². The van der Waals surface area contributed by atoms with E-state index in [1.165, 1.54) is 25.7 Å². The second kappa shape index (κ2) is 5.28. The number of hydrogen-bond donors (Lipinski definition) is 0. The molecule has 0 aliphatic carbocycles. The van der Waals surface area contributed by atoms with Gasteiger partial charge in [-0.3, -0.25) is 0 Å². The predicted octanol–water partition coefficient (Wildman–Crippen LogP) is 2.55. The highest BCUT2D eigenvalue weighted by Crippen LogP contribution is 2.06. The van der Waals surface area contributed by atoms with Crippen LogP contribution in [0.25, 0.3) is 0 Å². The van der Waals surface area contributed by atoms with Gasteiger partial charge >= 0.3 is 5.28 Å². The van der Waals surface area contributed by atoms with E-state index in [9.17, 15) is 0 Å². The molecule has 0 aromatic carbocycles. The minimum absolute atomic E-state index is 0.816. The van der Waals surface area contributed by atoms with E-state index in [0.29, 0.717) is 0 Å². The summed E-state index contributed by atoms with van der Waals surface area (Å²) in [6.45, 7) is 3.27. The number of aromatic nitrogens is 2. The van der Waals surface area contributed by atoms with Gasteiger partial charge in [0.2, 0.25) is 0 Å². The second-order valence-electron chi connectivity index (χ2n) is 3.43. The van der Waals surface area contributed by atoms with E-state index >= 15 is 0 Å². The van der Waals surface area contributed by atoms with Crippen LogP contribution in [0.15, 0.2) is 12.4 Å². The molecule has 2 nitrogen and oxygen atoms in total. The van der Waals surface area contributed by atoms with E-state index in [4.69, 9.17) is 11.6 Å². The van der Waals surface area contributed by atoms with Crippen LogP contribution in [-0.2, 0) is 13.6 Å². The Morgan fingerprint density at radius 1 is 1.38 bits per heavy atom. The third kappa shape index (κ3) is 3.03. The average Bonchev–Trinajstić information content (AvgIpc) is 2.43. The Labute approximate surface area is 85.1 Å². The first-order valence-electron chi connectivity index (χ1n) is 4.96. The molecule has 0 radical (unpaired) electrons. The number of halogens is 1. The van der Waals surface area contributed by atoms with Gasteiger partial charge < -0.3 is 0 Å². The first kappa shape index (κ1) is 10.6. The van der Waals surface area contributed by atoms with Crippen LogP contribution in [0.4, 0.5) is 0 Å². The van der Waals surface area contributed by atoms with Crippen LogP contribution < -0.4 is 4.57 Å². The van der Waals surface area contributed by atoms with Crippen LogP contribution in [0.5, 0.6) is 0 Å². The largest absolute Gasteiger partial charge is 0.354 e. The van der Waals surface area contributed by atoms with Crippen LogP contribution in [0.3, 0.4) is 0 Å². The predicted molar refractivity (Wildman–Crippen MR) is 54.8 cm³/mol. The van der Waals surface area contributed by atoms with Gasteiger partial charge in [-0.05, 0) is 12.8 Å². The van der Waals surface area contributed by atoms with Gasteiger partial charge in [0.25, 0.3) is 0 Å². The molecule has 0 unspecified atom stereocenters. The molecule has 74 valence electrons. The molecule has 0 saturated carbocycles. The molecule has 1 aromatic heterocycles. The fourth-order valence-corrected chi connectivity index (χ4v) is 1.58. The highest BCUT2D eigenvalue weighted by molar-refractivity contribution is 6.27. The van der Waals surface area contributed by atoms with E-state index in [-0.39, 0.29) is 0 Å². The van der Waals surface area contributed by atoms with E-state index in [1.54, 1.807) is 0 Å². The Bertz CT molecular complexity index is 255. The second-order valence-corrected chi connectivity index (χ2v) is 3.77. The summed E-state index contributed by atoms with van der Waals surface area (Å²) in [5.41, 5.74) is 0. The van der Waals surface area contributed by atoms with Gasteiger partial charge in [-0.2, -0.15) is 0 Å². The van der Waals surface area contributed by atoms with Crippen molar-refractivity contribution in [2.45, 2.75) is 39.2 Å².